The van der Waals surface area contributed by atoms with Gasteiger partial charge >= 0.3 is 5.97 Å². The molecule has 0 aliphatic carbocycles. The molecule has 1 aliphatic rings. The molecule has 162 valence electrons. The Morgan fingerprint density at radius 3 is 2.55 bits per heavy atom. The first kappa shape index (κ1) is 22.0. The highest BCUT2D eigenvalue weighted by Gasteiger charge is 2.36. The van der Waals surface area contributed by atoms with Gasteiger partial charge in [-0.05, 0) is 43.2 Å². The molecule has 2 aromatic rings. The van der Waals surface area contributed by atoms with E-state index in [1.807, 2.05) is 32.0 Å². The number of nitrogens with one attached hydrogen (secondary N) is 2. The third-order valence-electron chi connectivity index (χ3n) is 4.97. The van der Waals surface area contributed by atoms with Crippen molar-refractivity contribution >= 4 is 29.4 Å². The van der Waals surface area contributed by atoms with Gasteiger partial charge in [0.05, 0.1) is 12.5 Å². The normalized spacial score (nSPS) is 15.5. The summed E-state index contributed by atoms with van der Waals surface area (Å²) >= 11 is 0. The van der Waals surface area contributed by atoms with Crippen molar-refractivity contribution in [2.24, 2.45) is 5.92 Å². The van der Waals surface area contributed by atoms with Crippen molar-refractivity contribution in [1.29, 1.82) is 0 Å². The Hall–Kier alpha value is -3.68. The Morgan fingerprint density at radius 1 is 1.13 bits per heavy atom. The molecule has 8 nitrogen and oxygen atoms in total. The summed E-state index contributed by atoms with van der Waals surface area (Å²) < 4.78 is 5.06. The Labute approximate surface area is 180 Å². The SMILES string of the molecule is CCc1ccc(NC(=O)COC(=O)[C@@H]2CC(=O)N(NC(=O)c3cccc(C)c3)C2)cc1. The van der Waals surface area contributed by atoms with Gasteiger partial charge in [-0.15, -0.1) is 0 Å². The number of hydrogen-bond acceptors (Lipinski definition) is 5. The second-order valence-corrected chi connectivity index (χ2v) is 7.42. The number of carbonyl (C=O) groups is 4. The lowest BCUT2D eigenvalue weighted by Crippen LogP contribution is -2.43. The number of hydrogen-bond donors (Lipinski definition) is 2. The standard InChI is InChI=1S/C23H25N3O5/c1-3-16-7-9-19(10-8-16)24-20(27)14-31-23(30)18-12-21(28)26(13-18)25-22(29)17-6-4-5-15(2)11-17/h4-11,18H,3,12-14H2,1-2H3,(H,24,27)(H,25,29)/t18-/m1/s1. The molecule has 1 atom stereocenters. The van der Waals surface area contributed by atoms with E-state index in [0.717, 1.165) is 22.6 Å². The predicted molar refractivity (Wildman–Crippen MR) is 114 cm³/mol. The first-order valence-corrected chi connectivity index (χ1v) is 10.1. The van der Waals surface area contributed by atoms with E-state index >= 15 is 0 Å². The van der Waals surface area contributed by atoms with E-state index in [-0.39, 0.29) is 18.9 Å². The van der Waals surface area contributed by atoms with Crippen molar-refractivity contribution in [2.45, 2.75) is 26.7 Å². The molecule has 3 rings (SSSR count). The Morgan fingerprint density at radius 2 is 1.87 bits per heavy atom. The minimum Gasteiger partial charge on any atom is -0.455 e. The number of esters is 1. The fourth-order valence-corrected chi connectivity index (χ4v) is 3.22. The van der Waals surface area contributed by atoms with Gasteiger partial charge in [-0.2, -0.15) is 0 Å². The maximum atomic E-state index is 12.3. The molecule has 1 heterocycles. The summed E-state index contributed by atoms with van der Waals surface area (Å²) in [6.45, 7) is 3.44. The zero-order valence-electron chi connectivity index (χ0n) is 17.5. The fourth-order valence-electron chi connectivity index (χ4n) is 3.22. The van der Waals surface area contributed by atoms with Gasteiger partial charge in [0.1, 0.15) is 0 Å². The van der Waals surface area contributed by atoms with Crippen molar-refractivity contribution in [1.82, 2.24) is 10.4 Å². The molecule has 2 aromatic carbocycles. The van der Waals surface area contributed by atoms with Crippen LogP contribution in [-0.2, 0) is 25.5 Å². The number of nitrogens with zero attached hydrogens (tertiary/aromatic N) is 1. The van der Waals surface area contributed by atoms with Gasteiger partial charge in [0.2, 0.25) is 5.91 Å². The molecule has 0 radical (unpaired) electrons. The van der Waals surface area contributed by atoms with Gasteiger partial charge in [-0.1, -0.05) is 36.8 Å². The van der Waals surface area contributed by atoms with Gasteiger partial charge in [-0.25, -0.2) is 0 Å². The number of aryl methyl sites for hydroxylation is 2. The van der Waals surface area contributed by atoms with Crippen molar-refractivity contribution in [2.75, 3.05) is 18.5 Å². The maximum Gasteiger partial charge on any atom is 0.311 e. The van der Waals surface area contributed by atoms with Crippen LogP contribution in [0.5, 0.6) is 0 Å². The van der Waals surface area contributed by atoms with Crippen LogP contribution in [0.15, 0.2) is 48.5 Å². The van der Waals surface area contributed by atoms with E-state index in [1.165, 1.54) is 0 Å². The minimum absolute atomic E-state index is 0.00464. The zero-order valence-corrected chi connectivity index (χ0v) is 17.5. The summed E-state index contributed by atoms with van der Waals surface area (Å²) in [6.07, 6.45) is 0.807. The largest absolute Gasteiger partial charge is 0.455 e. The number of benzene rings is 2. The zero-order chi connectivity index (χ0) is 22.4. The highest BCUT2D eigenvalue weighted by atomic mass is 16.5. The number of ether oxygens (including phenoxy) is 1. The van der Waals surface area contributed by atoms with E-state index in [9.17, 15) is 19.2 Å². The summed E-state index contributed by atoms with van der Waals surface area (Å²) in [5.74, 6) is -2.69. The highest BCUT2D eigenvalue weighted by molar-refractivity contribution is 5.97. The molecular formula is C23H25N3O5. The van der Waals surface area contributed by atoms with Crippen molar-refractivity contribution in [3.8, 4) is 0 Å². The van der Waals surface area contributed by atoms with Gasteiger partial charge in [0, 0.05) is 17.7 Å². The molecule has 0 aromatic heterocycles. The molecule has 1 aliphatic heterocycles. The molecule has 8 heteroatoms. The highest BCUT2D eigenvalue weighted by Crippen LogP contribution is 2.18. The number of carbonyl (C=O) groups excluding carboxylic acids is 4. The molecule has 0 spiro atoms. The van der Waals surface area contributed by atoms with E-state index in [1.54, 1.807) is 30.3 Å². The summed E-state index contributed by atoms with van der Waals surface area (Å²) in [7, 11) is 0. The predicted octanol–water partition coefficient (Wildman–Crippen LogP) is 2.23. The van der Waals surface area contributed by atoms with Gasteiger partial charge < -0.3 is 10.1 Å². The van der Waals surface area contributed by atoms with E-state index < -0.39 is 30.3 Å². The summed E-state index contributed by atoms with van der Waals surface area (Å²) in [4.78, 5) is 48.8. The van der Waals surface area contributed by atoms with E-state index in [4.69, 9.17) is 4.74 Å². The van der Waals surface area contributed by atoms with Crippen LogP contribution >= 0.6 is 0 Å². The molecule has 0 unspecified atom stereocenters. The summed E-state index contributed by atoms with van der Waals surface area (Å²) in [5, 5.41) is 3.77. The smallest absolute Gasteiger partial charge is 0.311 e. The summed E-state index contributed by atoms with van der Waals surface area (Å²) in [5.41, 5.74) is 5.62. The van der Waals surface area contributed by atoms with Crippen LogP contribution in [0.2, 0.25) is 0 Å². The van der Waals surface area contributed by atoms with Gasteiger partial charge in [0.25, 0.3) is 11.8 Å². The van der Waals surface area contributed by atoms with Crippen molar-refractivity contribution in [3.63, 3.8) is 0 Å². The first-order chi connectivity index (χ1) is 14.9. The molecule has 31 heavy (non-hydrogen) atoms. The van der Waals surface area contributed by atoms with E-state index in [2.05, 4.69) is 10.7 Å². The topological polar surface area (TPSA) is 105 Å². The molecule has 1 fully saturated rings. The lowest BCUT2D eigenvalue weighted by Gasteiger charge is -2.17. The van der Waals surface area contributed by atoms with Crippen LogP contribution < -0.4 is 10.7 Å². The van der Waals surface area contributed by atoms with Crippen LogP contribution in [0.4, 0.5) is 5.69 Å². The van der Waals surface area contributed by atoms with Crippen LogP contribution in [-0.4, -0.2) is 41.9 Å². The molecule has 2 N–H and O–H groups in total. The Balaban J connectivity index is 1.47. The Bertz CT molecular complexity index is 987. The van der Waals surface area contributed by atoms with Crippen LogP contribution in [0.1, 0.15) is 34.8 Å². The van der Waals surface area contributed by atoms with Crippen molar-refractivity contribution < 1.29 is 23.9 Å². The molecule has 0 saturated carbocycles. The average Bonchev–Trinajstić information content (AvgIpc) is 3.13. The first-order valence-electron chi connectivity index (χ1n) is 10.1. The average molecular weight is 423 g/mol. The number of rotatable bonds is 7. The number of anilines is 1. The fraction of sp³-hybridized carbons (Fsp3) is 0.304. The van der Waals surface area contributed by atoms with Gasteiger partial charge in [-0.3, -0.25) is 29.6 Å². The van der Waals surface area contributed by atoms with Crippen LogP contribution in [0, 0.1) is 12.8 Å². The quantitative estimate of drug-likeness (QED) is 0.665. The van der Waals surface area contributed by atoms with Crippen LogP contribution in [0.3, 0.4) is 0 Å². The van der Waals surface area contributed by atoms with Gasteiger partial charge in [0.15, 0.2) is 6.61 Å². The lowest BCUT2D eigenvalue weighted by atomic mass is 10.1. The van der Waals surface area contributed by atoms with Crippen molar-refractivity contribution in [3.05, 3.63) is 65.2 Å². The second kappa shape index (κ2) is 9.88. The number of hydrazine groups is 1. The van der Waals surface area contributed by atoms with E-state index in [0.29, 0.717) is 11.3 Å². The molecule has 1 saturated heterocycles. The molecule has 0 bridgehead atoms. The third-order valence-corrected chi connectivity index (χ3v) is 4.97. The molecular weight excluding hydrogens is 398 g/mol. The lowest BCUT2D eigenvalue weighted by molar-refractivity contribution is -0.151. The monoisotopic (exact) mass is 423 g/mol. The minimum atomic E-state index is -0.748. The Kier molecular flexibility index (Phi) is 7.02. The number of amides is 3. The van der Waals surface area contributed by atoms with Crippen LogP contribution in [0.25, 0.3) is 0 Å². The third kappa shape index (κ3) is 5.91. The molecule has 3 amide bonds. The maximum absolute atomic E-state index is 12.3. The second-order valence-electron chi connectivity index (χ2n) is 7.42. The summed E-state index contributed by atoms with van der Waals surface area (Å²) in [6, 6.07) is 14.3.